The van der Waals surface area contributed by atoms with Crippen molar-refractivity contribution in [3.05, 3.63) is 47.7 Å². The molecule has 0 aliphatic carbocycles. The fraction of sp³-hybridized carbons (Fsp3) is 0.0833. The van der Waals surface area contributed by atoms with Crippen molar-refractivity contribution < 1.29 is 8.78 Å². The zero-order chi connectivity index (χ0) is 12.4. The molecule has 0 bridgehead atoms. The van der Waals surface area contributed by atoms with Crippen LogP contribution in [0.1, 0.15) is 5.56 Å². The first-order valence-corrected chi connectivity index (χ1v) is 5.00. The number of pyridine rings is 1. The van der Waals surface area contributed by atoms with E-state index in [1.165, 1.54) is 18.3 Å². The topological polar surface area (TPSA) is 50.9 Å². The van der Waals surface area contributed by atoms with E-state index in [0.29, 0.717) is 11.5 Å². The Bertz CT molecular complexity index is 555. The fourth-order valence-corrected chi connectivity index (χ4v) is 1.36. The Kier molecular flexibility index (Phi) is 2.91. The quantitative estimate of drug-likeness (QED) is 0.841. The summed E-state index contributed by atoms with van der Waals surface area (Å²) < 4.78 is 26.1. The van der Waals surface area contributed by atoms with Crippen LogP contribution in [0.4, 0.5) is 26.0 Å². The average Bonchev–Trinajstić information content (AvgIpc) is 2.27. The number of anilines is 3. The maximum atomic E-state index is 13.4. The molecule has 0 saturated carbocycles. The molecule has 0 unspecified atom stereocenters. The summed E-state index contributed by atoms with van der Waals surface area (Å²) in [6, 6.07) is 5.00. The molecular weight excluding hydrogens is 224 g/mol. The first-order chi connectivity index (χ1) is 8.06. The van der Waals surface area contributed by atoms with Crippen LogP contribution in [0.15, 0.2) is 30.5 Å². The van der Waals surface area contributed by atoms with Gasteiger partial charge in [0.15, 0.2) is 0 Å². The zero-order valence-electron chi connectivity index (χ0n) is 9.17. The van der Waals surface area contributed by atoms with E-state index in [9.17, 15) is 8.78 Å². The Labute approximate surface area is 97.3 Å². The summed E-state index contributed by atoms with van der Waals surface area (Å²) in [6.45, 7) is 1.82. The van der Waals surface area contributed by atoms with Crippen LogP contribution in [-0.2, 0) is 0 Å². The van der Waals surface area contributed by atoms with Crippen molar-refractivity contribution >= 4 is 17.2 Å². The van der Waals surface area contributed by atoms with Crippen molar-refractivity contribution in [2.45, 2.75) is 6.92 Å². The van der Waals surface area contributed by atoms with Crippen LogP contribution < -0.4 is 11.1 Å². The number of benzene rings is 1. The van der Waals surface area contributed by atoms with Crippen molar-refractivity contribution in [1.29, 1.82) is 0 Å². The van der Waals surface area contributed by atoms with E-state index >= 15 is 0 Å². The minimum Gasteiger partial charge on any atom is -0.397 e. The Morgan fingerprint density at radius 2 is 2.00 bits per heavy atom. The van der Waals surface area contributed by atoms with Crippen molar-refractivity contribution in [1.82, 2.24) is 4.98 Å². The van der Waals surface area contributed by atoms with E-state index in [-0.39, 0.29) is 5.69 Å². The van der Waals surface area contributed by atoms with Gasteiger partial charge in [-0.1, -0.05) is 0 Å². The molecule has 2 rings (SSSR count). The third kappa shape index (κ3) is 2.50. The predicted octanol–water partition coefficient (Wildman–Crippen LogP) is 2.99. The van der Waals surface area contributed by atoms with Crippen molar-refractivity contribution in [3.63, 3.8) is 0 Å². The van der Waals surface area contributed by atoms with Crippen LogP contribution in [-0.4, -0.2) is 4.98 Å². The van der Waals surface area contributed by atoms with Gasteiger partial charge in [-0.2, -0.15) is 0 Å². The molecule has 0 saturated heterocycles. The zero-order valence-corrected chi connectivity index (χ0v) is 9.17. The SMILES string of the molecule is Cc1cc(Nc2ccc(F)cc2F)ncc1N. The van der Waals surface area contributed by atoms with Crippen LogP contribution in [0.2, 0.25) is 0 Å². The van der Waals surface area contributed by atoms with Gasteiger partial charge in [0.25, 0.3) is 0 Å². The van der Waals surface area contributed by atoms with Gasteiger partial charge in [-0.05, 0) is 30.7 Å². The number of nitrogens with zero attached hydrogens (tertiary/aromatic N) is 1. The van der Waals surface area contributed by atoms with Gasteiger partial charge >= 0.3 is 0 Å². The molecular formula is C12H11F2N3. The molecule has 17 heavy (non-hydrogen) atoms. The highest BCUT2D eigenvalue weighted by molar-refractivity contribution is 5.60. The summed E-state index contributed by atoms with van der Waals surface area (Å²) in [5, 5.41) is 2.76. The lowest BCUT2D eigenvalue weighted by molar-refractivity contribution is 0.586. The third-order valence-corrected chi connectivity index (χ3v) is 2.35. The minimum atomic E-state index is -0.665. The molecule has 3 nitrogen and oxygen atoms in total. The number of hydrogen-bond donors (Lipinski definition) is 2. The third-order valence-electron chi connectivity index (χ3n) is 2.35. The molecule has 1 aromatic heterocycles. The molecule has 3 N–H and O–H groups in total. The number of aryl methyl sites for hydroxylation is 1. The van der Waals surface area contributed by atoms with E-state index < -0.39 is 11.6 Å². The fourth-order valence-electron chi connectivity index (χ4n) is 1.36. The van der Waals surface area contributed by atoms with Crippen LogP contribution in [0.3, 0.4) is 0 Å². The van der Waals surface area contributed by atoms with Gasteiger partial charge in [0.05, 0.1) is 17.6 Å². The van der Waals surface area contributed by atoms with E-state index in [1.807, 2.05) is 6.92 Å². The highest BCUT2D eigenvalue weighted by Crippen LogP contribution is 2.21. The number of nitrogens with two attached hydrogens (primary N) is 1. The minimum absolute atomic E-state index is 0.170. The Balaban J connectivity index is 2.28. The van der Waals surface area contributed by atoms with Gasteiger partial charge in [-0.3, -0.25) is 0 Å². The Morgan fingerprint density at radius 1 is 1.24 bits per heavy atom. The monoisotopic (exact) mass is 235 g/mol. The summed E-state index contributed by atoms with van der Waals surface area (Å²) in [5.41, 5.74) is 7.19. The van der Waals surface area contributed by atoms with E-state index in [4.69, 9.17) is 5.73 Å². The highest BCUT2D eigenvalue weighted by atomic mass is 19.1. The summed E-state index contributed by atoms with van der Waals surface area (Å²) in [6.07, 6.45) is 1.49. The molecule has 0 amide bonds. The maximum absolute atomic E-state index is 13.4. The summed E-state index contributed by atoms with van der Waals surface area (Å²) in [5.74, 6) is -0.821. The molecule has 88 valence electrons. The van der Waals surface area contributed by atoms with Gasteiger partial charge < -0.3 is 11.1 Å². The standard InChI is InChI=1S/C12H11F2N3/c1-7-4-12(16-6-10(7)15)17-11-3-2-8(13)5-9(11)14/h2-6H,15H2,1H3,(H,16,17). The number of rotatable bonds is 2. The summed E-state index contributed by atoms with van der Waals surface area (Å²) >= 11 is 0. The van der Waals surface area contributed by atoms with Crippen LogP contribution in [0.5, 0.6) is 0 Å². The van der Waals surface area contributed by atoms with Crippen molar-refractivity contribution in [3.8, 4) is 0 Å². The van der Waals surface area contributed by atoms with Gasteiger partial charge in [-0.25, -0.2) is 13.8 Å². The predicted molar refractivity (Wildman–Crippen MR) is 63.0 cm³/mol. The number of hydrogen-bond acceptors (Lipinski definition) is 3. The van der Waals surface area contributed by atoms with Crippen LogP contribution >= 0.6 is 0 Å². The van der Waals surface area contributed by atoms with E-state index in [2.05, 4.69) is 10.3 Å². The second-order valence-corrected chi connectivity index (χ2v) is 3.68. The lowest BCUT2D eigenvalue weighted by atomic mass is 10.2. The lowest BCUT2D eigenvalue weighted by Crippen LogP contribution is -1.99. The second kappa shape index (κ2) is 4.37. The van der Waals surface area contributed by atoms with E-state index in [0.717, 1.165) is 11.6 Å². The molecule has 0 fully saturated rings. The number of halogens is 2. The number of nitrogens with one attached hydrogen (secondary N) is 1. The highest BCUT2D eigenvalue weighted by Gasteiger charge is 2.05. The van der Waals surface area contributed by atoms with Crippen LogP contribution in [0, 0.1) is 18.6 Å². The molecule has 1 heterocycles. The first kappa shape index (κ1) is 11.3. The van der Waals surface area contributed by atoms with Crippen molar-refractivity contribution in [2.75, 3.05) is 11.1 Å². The maximum Gasteiger partial charge on any atom is 0.149 e. The average molecular weight is 235 g/mol. The Morgan fingerprint density at radius 3 is 2.65 bits per heavy atom. The summed E-state index contributed by atoms with van der Waals surface area (Å²) in [7, 11) is 0. The largest absolute Gasteiger partial charge is 0.397 e. The summed E-state index contributed by atoms with van der Waals surface area (Å²) in [4.78, 5) is 4.00. The first-order valence-electron chi connectivity index (χ1n) is 5.00. The van der Waals surface area contributed by atoms with Gasteiger partial charge in [0, 0.05) is 6.07 Å². The van der Waals surface area contributed by atoms with E-state index in [1.54, 1.807) is 6.07 Å². The molecule has 1 aromatic carbocycles. The van der Waals surface area contributed by atoms with Crippen LogP contribution in [0.25, 0.3) is 0 Å². The smallest absolute Gasteiger partial charge is 0.149 e. The van der Waals surface area contributed by atoms with Crippen molar-refractivity contribution in [2.24, 2.45) is 0 Å². The number of nitrogen functional groups attached to an aromatic ring is 1. The van der Waals surface area contributed by atoms with Gasteiger partial charge in [0.1, 0.15) is 17.5 Å². The molecule has 5 heteroatoms. The normalized spacial score (nSPS) is 10.3. The number of aromatic nitrogens is 1. The second-order valence-electron chi connectivity index (χ2n) is 3.68. The Hall–Kier alpha value is -2.17. The molecule has 0 radical (unpaired) electrons. The molecule has 0 aliphatic rings. The molecule has 2 aromatic rings. The lowest BCUT2D eigenvalue weighted by Gasteiger charge is -2.08. The molecule has 0 atom stereocenters. The molecule has 0 aliphatic heterocycles. The van der Waals surface area contributed by atoms with Gasteiger partial charge in [-0.15, -0.1) is 0 Å². The molecule has 0 spiro atoms. The van der Waals surface area contributed by atoms with Gasteiger partial charge in [0.2, 0.25) is 0 Å².